The molecule has 0 aromatic carbocycles. The monoisotopic (exact) mass is 310 g/mol. The molecule has 1 fully saturated rings. The Hall–Kier alpha value is -1.26. The number of rotatable bonds is 12. The maximum absolute atomic E-state index is 11.6. The Labute approximate surface area is 135 Å². The van der Waals surface area contributed by atoms with Crippen LogP contribution in [-0.2, 0) is 4.79 Å². The summed E-state index contributed by atoms with van der Waals surface area (Å²) in [6.45, 7) is 4.50. The first-order chi connectivity index (χ1) is 10.7. The number of nitrogens with two attached hydrogens (primary N) is 1. The van der Waals surface area contributed by atoms with Gasteiger partial charge in [0, 0.05) is 25.6 Å². The van der Waals surface area contributed by atoms with Crippen LogP contribution in [0.1, 0.15) is 71.1 Å². The van der Waals surface area contributed by atoms with Gasteiger partial charge in [-0.1, -0.05) is 45.4 Å². The third kappa shape index (κ3) is 8.90. The molecule has 0 bridgehead atoms. The second-order valence-electron chi connectivity index (χ2n) is 6.23. The molecule has 1 amide bonds. The maximum Gasteiger partial charge on any atom is 0.223 e. The molecule has 0 saturated heterocycles. The Bertz CT molecular complexity index is 327. The molecule has 0 radical (unpaired) electrons. The third-order valence-corrected chi connectivity index (χ3v) is 4.23. The van der Waals surface area contributed by atoms with E-state index >= 15 is 0 Å². The van der Waals surface area contributed by atoms with Crippen molar-refractivity contribution in [2.45, 2.75) is 71.1 Å². The fourth-order valence-electron chi connectivity index (χ4n) is 2.48. The molecule has 0 aliphatic heterocycles. The zero-order chi connectivity index (χ0) is 16.0. The van der Waals surface area contributed by atoms with Crippen molar-refractivity contribution in [1.82, 2.24) is 10.6 Å². The van der Waals surface area contributed by atoms with Gasteiger partial charge in [-0.15, -0.1) is 0 Å². The van der Waals surface area contributed by atoms with Gasteiger partial charge in [-0.2, -0.15) is 0 Å². The predicted molar refractivity (Wildman–Crippen MR) is 92.8 cm³/mol. The Kier molecular flexibility index (Phi) is 10.5. The van der Waals surface area contributed by atoms with E-state index in [4.69, 9.17) is 5.73 Å². The minimum atomic E-state index is 0.212. The molecule has 0 aromatic rings. The summed E-state index contributed by atoms with van der Waals surface area (Å²) in [6.07, 6.45) is 11.8. The number of amides is 1. The molecule has 5 heteroatoms. The highest BCUT2D eigenvalue weighted by atomic mass is 16.1. The number of aliphatic imine (C=N–C) groups is 1. The van der Waals surface area contributed by atoms with Crippen molar-refractivity contribution in [2.75, 3.05) is 19.6 Å². The van der Waals surface area contributed by atoms with Crippen molar-refractivity contribution < 1.29 is 4.79 Å². The van der Waals surface area contributed by atoms with Crippen molar-refractivity contribution in [3.8, 4) is 0 Å². The van der Waals surface area contributed by atoms with E-state index in [-0.39, 0.29) is 11.8 Å². The standard InChI is InChI=1S/C17H34N4O/c1-2-3-4-5-6-7-12-20-17(18)21-14-9-13-19-16(22)15-10-8-11-15/h15H,2-14H2,1H3,(H,19,22)(H3,18,20,21). The minimum Gasteiger partial charge on any atom is -0.370 e. The van der Waals surface area contributed by atoms with Crippen LogP contribution in [0.5, 0.6) is 0 Å². The number of hydrogen-bond acceptors (Lipinski definition) is 2. The molecular weight excluding hydrogens is 276 g/mol. The lowest BCUT2D eigenvalue weighted by molar-refractivity contribution is -0.127. The lowest BCUT2D eigenvalue weighted by atomic mass is 9.85. The Morgan fingerprint density at radius 3 is 2.41 bits per heavy atom. The van der Waals surface area contributed by atoms with Crippen molar-refractivity contribution in [1.29, 1.82) is 0 Å². The molecule has 0 spiro atoms. The average molecular weight is 310 g/mol. The molecule has 22 heavy (non-hydrogen) atoms. The zero-order valence-corrected chi connectivity index (χ0v) is 14.2. The SMILES string of the molecule is CCCCCCCCNC(N)=NCCCNC(=O)C1CCC1. The van der Waals surface area contributed by atoms with Gasteiger partial charge in [0.25, 0.3) is 0 Å². The van der Waals surface area contributed by atoms with Gasteiger partial charge in [0.1, 0.15) is 0 Å². The molecule has 0 unspecified atom stereocenters. The highest BCUT2D eigenvalue weighted by Crippen LogP contribution is 2.25. The van der Waals surface area contributed by atoms with Crippen LogP contribution in [0.4, 0.5) is 0 Å². The van der Waals surface area contributed by atoms with Gasteiger partial charge in [0.15, 0.2) is 5.96 Å². The van der Waals surface area contributed by atoms with Crippen molar-refractivity contribution in [2.24, 2.45) is 16.6 Å². The van der Waals surface area contributed by atoms with Gasteiger partial charge in [-0.05, 0) is 25.7 Å². The Morgan fingerprint density at radius 2 is 1.73 bits per heavy atom. The Balaban J connectivity index is 1.88. The highest BCUT2D eigenvalue weighted by Gasteiger charge is 2.24. The summed E-state index contributed by atoms with van der Waals surface area (Å²) in [5, 5.41) is 6.12. The second kappa shape index (κ2) is 12.3. The largest absolute Gasteiger partial charge is 0.370 e. The van der Waals surface area contributed by atoms with Crippen LogP contribution in [0.3, 0.4) is 0 Å². The summed E-state index contributed by atoms with van der Waals surface area (Å²) in [4.78, 5) is 15.9. The minimum absolute atomic E-state index is 0.212. The van der Waals surface area contributed by atoms with Gasteiger partial charge in [-0.3, -0.25) is 9.79 Å². The molecule has 4 N–H and O–H groups in total. The number of guanidine groups is 1. The van der Waals surface area contributed by atoms with E-state index < -0.39 is 0 Å². The lowest BCUT2D eigenvalue weighted by Gasteiger charge is -2.23. The van der Waals surface area contributed by atoms with E-state index in [1.165, 1.54) is 38.5 Å². The van der Waals surface area contributed by atoms with Gasteiger partial charge < -0.3 is 16.4 Å². The maximum atomic E-state index is 11.6. The normalized spacial score (nSPS) is 15.4. The predicted octanol–water partition coefficient (Wildman–Crippen LogP) is 2.56. The van der Waals surface area contributed by atoms with E-state index in [1.54, 1.807) is 0 Å². The summed E-state index contributed by atoms with van der Waals surface area (Å²) >= 11 is 0. The number of nitrogens with one attached hydrogen (secondary N) is 2. The first kappa shape index (κ1) is 18.8. The fraction of sp³-hybridized carbons (Fsp3) is 0.882. The van der Waals surface area contributed by atoms with Gasteiger partial charge in [-0.25, -0.2) is 0 Å². The van der Waals surface area contributed by atoms with E-state index in [0.29, 0.717) is 19.0 Å². The smallest absolute Gasteiger partial charge is 0.223 e. The summed E-state index contributed by atoms with van der Waals surface area (Å²) in [5.74, 6) is 1.01. The van der Waals surface area contributed by atoms with Crippen LogP contribution in [0, 0.1) is 5.92 Å². The molecule has 0 heterocycles. The molecule has 1 saturated carbocycles. The van der Waals surface area contributed by atoms with Crippen LogP contribution in [0.2, 0.25) is 0 Å². The Morgan fingerprint density at radius 1 is 1.05 bits per heavy atom. The number of hydrogen-bond donors (Lipinski definition) is 3. The average Bonchev–Trinajstić information content (AvgIpc) is 2.44. The first-order valence-corrected chi connectivity index (χ1v) is 9.05. The van der Waals surface area contributed by atoms with Crippen LogP contribution >= 0.6 is 0 Å². The topological polar surface area (TPSA) is 79.5 Å². The molecule has 1 aliphatic rings. The molecule has 5 nitrogen and oxygen atoms in total. The zero-order valence-electron chi connectivity index (χ0n) is 14.2. The van der Waals surface area contributed by atoms with E-state index in [2.05, 4.69) is 22.5 Å². The van der Waals surface area contributed by atoms with Gasteiger partial charge in [0.2, 0.25) is 5.91 Å². The first-order valence-electron chi connectivity index (χ1n) is 9.05. The molecule has 1 rings (SSSR count). The molecule has 128 valence electrons. The van der Waals surface area contributed by atoms with Crippen molar-refractivity contribution in [3.63, 3.8) is 0 Å². The van der Waals surface area contributed by atoms with Crippen LogP contribution in [0.15, 0.2) is 4.99 Å². The lowest BCUT2D eigenvalue weighted by Crippen LogP contribution is -2.35. The van der Waals surface area contributed by atoms with E-state index in [0.717, 1.165) is 32.2 Å². The number of nitrogens with zero attached hydrogens (tertiary/aromatic N) is 1. The highest BCUT2D eigenvalue weighted by molar-refractivity contribution is 5.79. The molecule has 1 aliphatic carbocycles. The van der Waals surface area contributed by atoms with E-state index in [1.807, 2.05) is 0 Å². The van der Waals surface area contributed by atoms with Crippen molar-refractivity contribution >= 4 is 11.9 Å². The van der Waals surface area contributed by atoms with Gasteiger partial charge in [0.05, 0.1) is 0 Å². The summed E-state index contributed by atoms with van der Waals surface area (Å²) < 4.78 is 0. The third-order valence-electron chi connectivity index (χ3n) is 4.23. The molecular formula is C17H34N4O. The number of carbonyl (C=O) groups excluding carboxylic acids is 1. The van der Waals surface area contributed by atoms with E-state index in [9.17, 15) is 4.79 Å². The van der Waals surface area contributed by atoms with Gasteiger partial charge >= 0.3 is 0 Å². The molecule has 0 atom stereocenters. The molecule has 0 aromatic heterocycles. The quantitative estimate of drug-likeness (QED) is 0.294. The van der Waals surface area contributed by atoms with Crippen LogP contribution in [0.25, 0.3) is 0 Å². The summed E-state index contributed by atoms with van der Waals surface area (Å²) in [7, 11) is 0. The number of carbonyl (C=O) groups is 1. The number of unbranched alkanes of at least 4 members (excludes halogenated alkanes) is 5. The van der Waals surface area contributed by atoms with Crippen molar-refractivity contribution in [3.05, 3.63) is 0 Å². The van der Waals surface area contributed by atoms with Crippen LogP contribution < -0.4 is 16.4 Å². The summed E-state index contributed by atoms with van der Waals surface area (Å²) in [5.41, 5.74) is 5.81. The summed E-state index contributed by atoms with van der Waals surface area (Å²) in [6, 6.07) is 0. The fourth-order valence-corrected chi connectivity index (χ4v) is 2.48. The second-order valence-corrected chi connectivity index (χ2v) is 6.23. The van der Waals surface area contributed by atoms with Crippen LogP contribution in [-0.4, -0.2) is 31.5 Å².